The first kappa shape index (κ1) is 10.8. The van der Waals surface area contributed by atoms with Crippen molar-refractivity contribution >= 4 is 16.1 Å². The first-order valence-corrected chi connectivity index (χ1v) is 5.10. The first-order valence-electron chi connectivity index (χ1n) is 3.56. The van der Waals surface area contributed by atoms with Crippen LogP contribution in [0.4, 0.5) is 8.78 Å². The summed E-state index contributed by atoms with van der Waals surface area (Å²) in [7, 11) is -4.60. The van der Waals surface area contributed by atoms with Crippen LogP contribution in [0.2, 0.25) is 0 Å². The van der Waals surface area contributed by atoms with E-state index in [9.17, 15) is 22.0 Å². The third-order valence-corrected chi connectivity index (χ3v) is 2.94. The average Bonchev–Trinajstić information content (AvgIpc) is 2.17. The number of sulfone groups is 1. The molecule has 1 aromatic rings. The fraction of sp³-hybridized carbons (Fsp3) is 0.125. The molecule has 0 atom stereocenters. The van der Waals surface area contributed by atoms with Crippen molar-refractivity contribution in [2.75, 3.05) is 0 Å². The third-order valence-electron chi connectivity index (χ3n) is 1.56. The third kappa shape index (κ3) is 1.95. The average molecular weight is 220 g/mol. The van der Waals surface area contributed by atoms with Crippen molar-refractivity contribution < 1.29 is 22.0 Å². The second-order valence-corrected chi connectivity index (χ2v) is 4.41. The predicted molar refractivity (Wildman–Crippen MR) is 45.0 cm³/mol. The van der Waals surface area contributed by atoms with E-state index in [1.165, 1.54) is 12.1 Å². The van der Waals surface area contributed by atoms with Gasteiger partial charge in [0.15, 0.2) is 0 Å². The predicted octanol–water partition coefficient (Wildman–Crippen LogP) is 1.50. The van der Waals surface area contributed by atoms with Crippen molar-refractivity contribution in [1.29, 1.82) is 0 Å². The van der Waals surface area contributed by atoms with Crippen molar-refractivity contribution in [3.63, 3.8) is 0 Å². The zero-order valence-corrected chi connectivity index (χ0v) is 7.67. The quantitative estimate of drug-likeness (QED) is 0.725. The molecule has 0 aliphatic carbocycles. The number of hydrogen-bond donors (Lipinski definition) is 0. The second-order valence-electron chi connectivity index (χ2n) is 2.50. The summed E-state index contributed by atoms with van der Waals surface area (Å²) >= 11 is 0. The molecule has 1 aromatic carbocycles. The van der Waals surface area contributed by atoms with Crippen molar-refractivity contribution in [3.8, 4) is 0 Å². The highest BCUT2D eigenvalue weighted by atomic mass is 32.2. The summed E-state index contributed by atoms with van der Waals surface area (Å²) in [5, 5.41) is 0. The van der Waals surface area contributed by atoms with Crippen molar-refractivity contribution in [2.24, 2.45) is 0 Å². The summed E-state index contributed by atoms with van der Waals surface area (Å²) in [5.74, 6) is -3.47. The Balaban J connectivity index is 3.27. The van der Waals surface area contributed by atoms with E-state index in [-0.39, 0.29) is 5.56 Å². The molecule has 0 spiro atoms. The molecule has 6 heteroatoms. The van der Waals surface area contributed by atoms with Crippen LogP contribution < -0.4 is 0 Å². The van der Waals surface area contributed by atoms with E-state index in [0.717, 1.165) is 12.1 Å². The molecule has 0 radical (unpaired) electrons. The fourth-order valence-electron chi connectivity index (χ4n) is 0.868. The molecule has 0 amide bonds. The monoisotopic (exact) mass is 220 g/mol. The van der Waals surface area contributed by atoms with Crippen LogP contribution in [-0.4, -0.2) is 20.5 Å². The molecule has 1 rings (SSSR count). The molecule has 0 aromatic heterocycles. The highest BCUT2D eigenvalue weighted by Crippen LogP contribution is 2.18. The Morgan fingerprint density at radius 1 is 1.29 bits per heavy atom. The molecule has 0 bridgehead atoms. The molecule has 0 aliphatic rings. The van der Waals surface area contributed by atoms with Crippen LogP contribution in [0.25, 0.3) is 0 Å². The summed E-state index contributed by atoms with van der Waals surface area (Å²) in [6.07, 6.45) is 0.393. The van der Waals surface area contributed by atoms with E-state index in [1.807, 2.05) is 0 Å². The lowest BCUT2D eigenvalue weighted by Crippen LogP contribution is -2.11. The van der Waals surface area contributed by atoms with Gasteiger partial charge in [0.1, 0.15) is 6.29 Å². The van der Waals surface area contributed by atoms with E-state index in [0.29, 0.717) is 6.29 Å². The van der Waals surface area contributed by atoms with E-state index < -0.39 is 20.5 Å². The van der Waals surface area contributed by atoms with E-state index >= 15 is 0 Å². The van der Waals surface area contributed by atoms with Gasteiger partial charge in [-0.05, 0) is 12.1 Å². The fourth-order valence-corrected chi connectivity index (χ4v) is 1.64. The molecule has 0 heterocycles. The van der Waals surface area contributed by atoms with Crippen molar-refractivity contribution in [1.82, 2.24) is 0 Å². The van der Waals surface area contributed by atoms with Gasteiger partial charge in [0, 0.05) is 5.56 Å². The van der Waals surface area contributed by atoms with Gasteiger partial charge in [-0.25, -0.2) is 8.42 Å². The summed E-state index contributed by atoms with van der Waals surface area (Å²) in [4.78, 5) is 9.73. The molecule has 0 saturated heterocycles. The van der Waals surface area contributed by atoms with Crippen molar-refractivity contribution in [3.05, 3.63) is 29.8 Å². The minimum atomic E-state index is -4.60. The smallest absolute Gasteiger partial charge is 0.298 e. The van der Waals surface area contributed by atoms with Crippen LogP contribution in [0.15, 0.2) is 29.2 Å². The Hall–Kier alpha value is -1.30. The van der Waals surface area contributed by atoms with Gasteiger partial charge < -0.3 is 0 Å². The molecule has 76 valence electrons. The van der Waals surface area contributed by atoms with Crippen LogP contribution in [-0.2, 0) is 9.84 Å². The van der Waals surface area contributed by atoms with Gasteiger partial charge in [0.2, 0.25) is 9.84 Å². The second kappa shape index (κ2) is 3.83. The first-order chi connectivity index (χ1) is 6.48. The van der Waals surface area contributed by atoms with Crippen LogP contribution in [0.5, 0.6) is 0 Å². The normalized spacial score (nSPS) is 11.6. The van der Waals surface area contributed by atoms with Gasteiger partial charge in [-0.2, -0.15) is 8.78 Å². The molecular weight excluding hydrogens is 214 g/mol. The number of alkyl halides is 2. The standard InChI is InChI=1S/C8H6F2O3S/c9-8(10)14(12,13)7-3-1-2-6(4-7)5-11/h1-5,8H. The number of carbonyl (C=O) groups excluding carboxylic acids is 1. The lowest BCUT2D eigenvalue weighted by atomic mass is 10.2. The Kier molecular flexibility index (Phi) is 2.95. The van der Waals surface area contributed by atoms with Crippen LogP contribution in [0, 0.1) is 0 Å². The van der Waals surface area contributed by atoms with Crippen LogP contribution in [0.1, 0.15) is 10.4 Å². The molecule has 0 unspecified atom stereocenters. The number of carbonyl (C=O) groups is 1. The van der Waals surface area contributed by atoms with Gasteiger partial charge in [-0.1, -0.05) is 12.1 Å². The Morgan fingerprint density at radius 3 is 2.43 bits per heavy atom. The molecular formula is C8H6F2O3S. The molecule has 0 fully saturated rings. The zero-order valence-electron chi connectivity index (χ0n) is 6.85. The number of aldehydes is 1. The number of halogens is 2. The summed E-state index contributed by atoms with van der Waals surface area (Å²) in [6, 6.07) is 4.50. The largest absolute Gasteiger partial charge is 0.341 e. The molecule has 0 N–H and O–H groups in total. The summed E-state index contributed by atoms with van der Waals surface area (Å²) in [6.45, 7) is 0. The maximum Gasteiger partial charge on any atom is 0.341 e. The lowest BCUT2D eigenvalue weighted by Gasteiger charge is -2.02. The van der Waals surface area contributed by atoms with E-state index in [2.05, 4.69) is 0 Å². The topological polar surface area (TPSA) is 51.2 Å². The molecule has 0 aliphatic heterocycles. The summed E-state index contributed by atoms with van der Waals surface area (Å²) in [5.41, 5.74) is 0.0479. The van der Waals surface area contributed by atoms with Gasteiger partial charge in [-0.15, -0.1) is 0 Å². The SMILES string of the molecule is O=Cc1cccc(S(=O)(=O)C(F)F)c1. The van der Waals surface area contributed by atoms with Crippen molar-refractivity contribution in [2.45, 2.75) is 10.7 Å². The number of benzene rings is 1. The van der Waals surface area contributed by atoms with Gasteiger partial charge in [-0.3, -0.25) is 4.79 Å². The zero-order chi connectivity index (χ0) is 10.8. The van der Waals surface area contributed by atoms with E-state index in [4.69, 9.17) is 0 Å². The van der Waals surface area contributed by atoms with Crippen LogP contribution >= 0.6 is 0 Å². The van der Waals surface area contributed by atoms with Crippen LogP contribution in [0.3, 0.4) is 0 Å². The highest BCUT2D eigenvalue weighted by molar-refractivity contribution is 7.91. The Morgan fingerprint density at radius 2 is 1.93 bits per heavy atom. The molecule has 3 nitrogen and oxygen atoms in total. The minimum Gasteiger partial charge on any atom is -0.298 e. The van der Waals surface area contributed by atoms with Gasteiger partial charge in [0.05, 0.1) is 4.90 Å². The van der Waals surface area contributed by atoms with Gasteiger partial charge in [0.25, 0.3) is 0 Å². The highest BCUT2D eigenvalue weighted by Gasteiger charge is 2.26. The molecule has 14 heavy (non-hydrogen) atoms. The van der Waals surface area contributed by atoms with E-state index in [1.54, 1.807) is 0 Å². The maximum atomic E-state index is 12.1. The maximum absolute atomic E-state index is 12.1. The summed E-state index contributed by atoms with van der Waals surface area (Å²) < 4.78 is 46.0. The Labute approximate surface area is 79.3 Å². The minimum absolute atomic E-state index is 0.0479. The number of hydrogen-bond acceptors (Lipinski definition) is 3. The lowest BCUT2D eigenvalue weighted by molar-refractivity contribution is 0.112. The molecule has 0 saturated carbocycles. The van der Waals surface area contributed by atoms with Gasteiger partial charge >= 0.3 is 5.76 Å². The number of rotatable bonds is 3. The Bertz CT molecular complexity index is 440.